The van der Waals surface area contributed by atoms with E-state index in [0.717, 1.165) is 21.7 Å². The number of benzene rings is 1. The standard InChI is InChI=1S/C30H41N3O6S/c1-19-27(40-18-31-19)21-13-10-20(11-14-21)12-15-24(35)23-16-22(34)17-33(23)29(39)28(30(2,3)4)32-25(36)8-6-5-7-9-26(37)38/h10-11,13-14,18,22-23,28,34H,5-9,12,15-17H2,1-4H3,(H,32,36)(H,37,38)/t22-,23+,28-/m1/s1. The Labute approximate surface area is 240 Å². The summed E-state index contributed by atoms with van der Waals surface area (Å²) in [6, 6.07) is 6.46. The van der Waals surface area contributed by atoms with Crippen LogP contribution in [-0.2, 0) is 25.6 Å². The number of nitrogens with zero attached hydrogens (tertiary/aromatic N) is 2. The minimum atomic E-state index is -0.861. The number of hydrogen-bond acceptors (Lipinski definition) is 7. The lowest BCUT2D eigenvalue weighted by molar-refractivity contribution is -0.143. The molecule has 218 valence electrons. The van der Waals surface area contributed by atoms with Gasteiger partial charge in [0.15, 0.2) is 5.78 Å². The van der Waals surface area contributed by atoms with E-state index in [1.165, 1.54) is 4.90 Å². The van der Waals surface area contributed by atoms with E-state index < -0.39 is 29.6 Å². The number of aliphatic carboxylic acids is 1. The maximum absolute atomic E-state index is 13.7. The van der Waals surface area contributed by atoms with E-state index in [0.29, 0.717) is 25.7 Å². The lowest BCUT2D eigenvalue weighted by Gasteiger charge is -2.35. The number of nitrogens with one attached hydrogen (secondary N) is 1. The van der Waals surface area contributed by atoms with Gasteiger partial charge in [-0.2, -0.15) is 0 Å². The Morgan fingerprint density at radius 1 is 1.07 bits per heavy atom. The Morgan fingerprint density at radius 3 is 2.35 bits per heavy atom. The number of carboxylic acid groups (broad SMARTS) is 1. The molecule has 3 rings (SSSR count). The number of carbonyl (C=O) groups excluding carboxylic acids is 3. The molecular weight excluding hydrogens is 530 g/mol. The van der Waals surface area contributed by atoms with E-state index in [1.54, 1.807) is 11.3 Å². The van der Waals surface area contributed by atoms with Crippen LogP contribution in [0, 0.1) is 12.3 Å². The Kier molecular flexibility index (Phi) is 11.0. The molecule has 1 aliphatic heterocycles. The van der Waals surface area contributed by atoms with Crippen LogP contribution in [0.15, 0.2) is 29.8 Å². The van der Waals surface area contributed by atoms with Crippen LogP contribution in [0.25, 0.3) is 10.4 Å². The predicted molar refractivity (Wildman–Crippen MR) is 154 cm³/mol. The SMILES string of the molecule is Cc1ncsc1-c1ccc(CCC(=O)[C@@H]2C[C@@H](O)CN2C(=O)[C@@H](NC(=O)CCCCCC(=O)O)C(C)(C)C)cc1. The second kappa shape index (κ2) is 14.0. The average molecular weight is 572 g/mol. The number of hydrogen-bond donors (Lipinski definition) is 3. The van der Waals surface area contributed by atoms with Gasteiger partial charge in [0.1, 0.15) is 6.04 Å². The third-order valence-electron chi connectivity index (χ3n) is 7.27. The number of aliphatic hydroxyl groups excluding tert-OH is 1. The van der Waals surface area contributed by atoms with Gasteiger partial charge in [0.25, 0.3) is 0 Å². The molecule has 0 radical (unpaired) electrons. The number of amides is 2. The van der Waals surface area contributed by atoms with Gasteiger partial charge in [-0.15, -0.1) is 11.3 Å². The number of rotatable bonds is 13. The summed E-state index contributed by atoms with van der Waals surface area (Å²) in [5.74, 6) is -1.63. The molecular formula is C30H41N3O6S. The van der Waals surface area contributed by atoms with E-state index in [1.807, 2.05) is 57.5 Å². The minimum Gasteiger partial charge on any atom is -0.481 e. The van der Waals surface area contributed by atoms with Gasteiger partial charge in [-0.1, -0.05) is 51.5 Å². The summed E-state index contributed by atoms with van der Waals surface area (Å²) in [6.45, 7) is 7.58. The normalized spacial score (nSPS) is 18.0. The fourth-order valence-corrected chi connectivity index (χ4v) is 5.80. The number of unbranched alkanes of at least 4 members (excludes halogenated alkanes) is 2. The number of likely N-dealkylation sites (tertiary alicyclic amines) is 1. The van der Waals surface area contributed by atoms with Crippen LogP contribution >= 0.6 is 11.3 Å². The number of carbonyl (C=O) groups is 4. The zero-order valence-corrected chi connectivity index (χ0v) is 24.6. The van der Waals surface area contributed by atoms with E-state index in [9.17, 15) is 24.3 Å². The number of aliphatic hydroxyl groups is 1. The van der Waals surface area contributed by atoms with Crippen molar-refractivity contribution in [3.8, 4) is 10.4 Å². The van der Waals surface area contributed by atoms with Gasteiger partial charge in [-0.05, 0) is 42.7 Å². The largest absolute Gasteiger partial charge is 0.481 e. The number of aromatic nitrogens is 1. The monoisotopic (exact) mass is 571 g/mol. The average Bonchev–Trinajstić information content (AvgIpc) is 3.50. The molecule has 3 N–H and O–H groups in total. The molecule has 1 aromatic carbocycles. The van der Waals surface area contributed by atoms with Crippen molar-refractivity contribution in [1.82, 2.24) is 15.2 Å². The number of carboxylic acids is 1. The first-order valence-corrected chi connectivity index (χ1v) is 14.8. The molecule has 0 unspecified atom stereocenters. The lowest BCUT2D eigenvalue weighted by atomic mass is 9.85. The van der Waals surface area contributed by atoms with Crippen LogP contribution in [0.3, 0.4) is 0 Å². The van der Waals surface area contributed by atoms with Gasteiger partial charge in [-0.3, -0.25) is 19.2 Å². The molecule has 0 spiro atoms. The molecule has 1 fully saturated rings. The summed E-state index contributed by atoms with van der Waals surface area (Å²) in [5, 5.41) is 22.0. The van der Waals surface area contributed by atoms with Crippen LogP contribution < -0.4 is 5.32 Å². The summed E-state index contributed by atoms with van der Waals surface area (Å²) in [6.07, 6.45) is 2.03. The van der Waals surface area contributed by atoms with E-state index >= 15 is 0 Å². The second-order valence-electron chi connectivity index (χ2n) is 11.6. The van der Waals surface area contributed by atoms with Crippen molar-refractivity contribution in [3.63, 3.8) is 0 Å². The van der Waals surface area contributed by atoms with Crippen molar-refractivity contribution in [2.24, 2.45) is 5.41 Å². The number of Topliss-reactive ketones (excluding diaryl/α,β-unsaturated/α-hetero) is 1. The van der Waals surface area contributed by atoms with Crippen molar-refractivity contribution in [2.75, 3.05) is 6.54 Å². The van der Waals surface area contributed by atoms with Crippen molar-refractivity contribution >= 4 is 34.9 Å². The maximum atomic E-state index is 13.7. The fourth-order valence-electron chi connectivity index (χ4n) is 4.98. The smallest absolute Gasteiger partial charge is 0.303 e. The zero-order chi connectivity index (χ0) is 29.4. The van der Waals surface area contributed by atoms with Crippen LogP contribution in [0.4, 0.5) is 0 Å². The van der Waals surface area contributed by atoms with E-state index in [2.05, 4.69) is 10.3 Å². The van der Waals surface area contributed by atoms with Crippen molar-refractivity contribution in [1.29, 1.82) is 0 Å². The maximum Gasteiger partial charge on any atom is 0.303 e. The highest BCUT2D eigenvalue weighted by atomic mass is 32.1. The molecule has 40 heavy (non-hydrogen) atoms. The van der Waals surface area contributed by atoms with Gasteiger partial charge in [0.05, 0.1) is 28.2 Å². The minimum absolute atomic E-state index is 0.0514. The topological polar surface area (TPSA) is 137 Å². The quantitative estimate of drug-likeness (QED) is 0.307. The third-order valence-corrected chi connectivity index (χ3v) is 8.25. The first-order chi connectivity index (χ1) is 18.9. The Morgan fingerprint density at radius 2 is 1.75 bits per heavy atom. The molecule has 0 aliphatic carbocycles. The van der Waals surface area contributed by atoms with Crippen LogP contribution in [0.5, 0.6) is 0 Å². The Bertz CT molecular complexity index is 1190. The molecule has 0 bridgehead atoms. The molecule has 1 aromatic heterocycles. The third kappa shape index (κ3) is 8.69. The van der Waals surface area contributed by atoms with Gasteiger partial charge in [-0.25, -0.2) is 4.98 Å². The predicted octanol–water partition coefficient (Wildman–Crippen LogP) is 4.15. The molecule has 9 nitrogen and oxygen atoms in total. The molecule has 1 saturated heterocycles. The number of ketones is 1. The summed E-state index contributed by atoms with van der Waals surface area (Å²) in [4.78, 5) is 57.1. The zero-order valence-electron chi connectivity index (χ0n) is 23.8. The molecule has 0 saturated carbocycles. The molecule has 3 atom stereocenters. The van der Waals surface area contributed by atoms with Crippen LogP contribution in [0.2, 0.25) is 0 Å². The molecule has 2 heterocycles. The van der Waals surface area contributed by atoms with Gasteiger partial charge < -0.3 is 20.4 Å². The molecule has 10 heteroatoms. The van der Waals surface area contributed by atoms with Crippen molar-refractivity contribution < 1.29 is 29.4 Å². The Hall–Kier alpha value is -3.11. The second-order valence-corrected chi connectivity index (χ2v) is 12.5. The summed E-state index contributed by atoms with van der Waals surface area (Å²) in [7, 11) is 0. The van der Waals surface area contributed by atoms with E-state index in [-0.39, 0.29) is 49.8 Å². The Balaban J connectivity index is 1.60. The fraction of sp³-hybridized carbons (Fsp3) is 0.567. The highest BCUT2D eigenvalue weighted by Crippen LogP contribution is 2.29. The summed E-state index contributed by atoms with van der Waals surface area (Å²) in [5.41, 5.74) is 4.29. The van der Waals surface area contributed by atoms with Crippen molar-refractivity contribution in [2.45, 2.75) is 97.2 Å². The first-order valence-electron chi connectivity index (χ1n) is 13.9. The molecule has 2 amide bonds. The number of aryl methyl sites for hydroxylation is 2. The molecule has 1 aliphatic rings. The number of β-amino-alcohol motifs (C(OH)–C–C–N with tert-alkyl or cyclic N) is 1. The number of thiazole rings is 1. The summed E-state index contributed by atoms with van der Waals surface area (Å²) < 4.78 is 0. The van der Waals surface area contributed by atoms with Crippen LogP contribution in [-0.4, -0.2) is 68.4 Å². The first kappa shape index (κ1) is 31.4. The van der Waals surface area contributed by atoms with Gasteiger partial charge >= 0.3 is 5.97 Å². The van der Waals surface area contributed by atoms with Gasteiger partial charge in [0, 0.05) is 32.2 Å². The van der Waals surface area contributed by atoms with Gasteiger partial charge in [0.2, 0.25) is 11.8 Å². The summed E-state index contributed by atoms with van der Waals surface area (Å²) >= 11 is 1.59. The van der Waals surface area contributed by atoms with Crippen LogP contribution in [0.1, 0.15) is 77.0 Å². The van der Waals surface area contributed by atoms with E-state index in [4.69, 9.17) is 5.11 Å². The highest BCUT2D eigenvalue weighted by molar-refractivity contribution is 7.13. The highest BCUT2D eigenvalue weighted by Gasteiger charge is 2.44. The molecule has 2 aromatic rings. The lowest BCUT2D eigenvalue weighted by Crippen LogP contribution is -2.56. The van der Waals surface area contributed by atoms with Crippen molar-refractivity contribution in [3.05, 3.63) is 41.0 Å².